The van der Waals surface area contributed by atoms with Crippen molar-refractivity contribution in [3.05, 3.63) is 36.7 Å². The fourth-order valence-electron chi connectivity index (χ4n) is 3.02. The lowest BCUT2D eigenvalue weighted by atomic mass is 9.87. The van der Waals surface area contributed by atoms with Crippen LogP contribution in [0.4, 0.5) is 5.82 Å². The SMILES string of the molecule is CCOC(=O)CCCCCCN(C1=NC=CC(C)(C)C1)c1ccccn1. The highest BCUT2D eigenvalue weighted by molar-refractivity contribution is 5.98. The quantitative estimate of drug-likeness (QED) is 0.473. The summed E-state index contributed by atoms with van der Waals surface area (Å²) in [7, 11) is 0. The molecule has 1 aliphatic rings. The molecule has 0 saturated carbocycles. The van der Waals surface area contributed by atoms with Crippen LogP contribution in [-0.2, 0) is 9.53 Å². The zero-order valence-corrected chi connectivity index (χ0v) is 16.3. The number of carbonyl (C=O) groups excluding carboxylic acids is 1. The maximum absolute atomic E-state index is 11.4. The molecule has 0 aromatic carbocycles. The van der Waals surface area contributed by atoms with E-state index in [1.165, 1.54) is 0 Å². The summed E-state index contributed by atoms with van der Waals surface area (Å²) in [5, 5.41) is 0. The summed E-state index contributed by atoms with van der Waals surface area (Å²) in [6.07, 6.45) is 11.4. The first-order valence-corrected chi connectivity index (χ1v) is 9.60. The van der Waals surface area contributed by atoms with Crippen molar-refractivity contribution in [1.82, 2.24) is 4.98 Å². The molecule has 0 spiro atoms. The van der Waals surface area contributed by atoms with Gasteiger partial charge in [-0.3, -0.25) is 4.79 Å². The van der Waals surface area contributed by atoms with Crippen LogP contribution in [0, 0.1) is 5.41 Å². The van der Waals surface area contributed by atoms with Gasteiger partial charge in [-0.25, -0.2) is 9.98 Å². The van der Waals surface area contributed by atoms with E-state index in [9.17, 15) is 4.79 Å². The van der Waals surface area contributed by atoms with Gasteiger partial charge in [-0.2, -0.15) is 0 Å². The zero-order chi connectivity index (χ0) is 18.8. The second-order valence-electron chi connectivity index (χ2n) is 7.34. The summed E-state index contributed by atoms with van der Waals surface area (Å²) >= 11 is 0. The van der Waals surface area contributed by atoms with Gasteiger partial charge >= 0.3 is 5.97 Å². The lowest BCUT2D eigenvalue weighted by Gasteiger charge is -2.31. The highest BCUT2D eigenvalue weighted by Crippen LogP contribution is 2.28. The Bertz CT molecular complexity index is 623. The van der Waals surface area contributed by atoms with E-state index in [4.69, 9.17) is 4.74 Å². The molecule has 1 aliphatic heterocycles. The topological polar surface area (TPSA) is 54.8 Å². The molecule has 0 radical (unpaired) electrons. The van der Waals surface area contributed by atoms with Crippen LogP contribution in [-0.4, -0.2) is 29.9 Å². The third kappa shape index (κ3) is 6.62. The van der Waals surface area contributed by atoms with Gasteiger partial charge in [0.25, 0.3) is 0 Å². The molecule has 0 saturated heterocycles. The van der Waals surface area contributed by atoms with Crippen molar-refractivity contribution < 1.29 is 9.53 Å². The molecule has 0 fully saturated rings. The number of hydrogen-bond donors (Lipinski definition) is 0. The number of pyridine rings is 1. The number of esters is 1. The Morgan fingerprint density at radius 2 is 2.04 bits per heavy atom. The lowest BCUT2D eigenvalue weighted by molar-refractivity contribution is -0.143. The Balaban J connectivity index is 1.87. The van der Waals surface area contributed by atoms with Gasteiger partial charge in [0.05, 0.1) is 6.61 Å². The van der Waals surface area contributed by atoms with Crippen LogP contribution in [0.2, 0.25) is 0 Å². The Kier molecular flexibility index (Phi) is 7.82. The number of carbonyl (C=O) groups is 1. The third-order valence-electron chi connectivity index (χ3n) is 4.42. The van der Waals surface area contributed by atoms with Gasteiger partial charge in [-0.1, -0.05) is 38.8 Å². The van der Waals surface area contributed by atoms with Crippen molar-refractivity contribution in [3.8, 4) is 0 Å². The van der Waals surface area contributed by atoms with E-state index in [2.05, 4.69) is 34.8 Å². The summed E-state index contributed by atoms with van der Waals surface area (Å²) in [6, 6.07) is 5.98. The Labute approximate surface area is 157 Å². The zero-order valence-electron chi connectivity index (χ0n) is 16.3. The summed E-state index contributed by atoms with van der Waals surface area (Å²) in [5.41, 5.74) is 0.115. The van der Waals surface area contributed by atoms with Gasteiger partial charge in [0.2, 0.25) is 0 Å². The summed E-state index contributed by atoms with van der Waals surface area (Å²) < 4.78 is 4.97. The molecule has 0 N–H and O–H groups in total. The van der Waals surface area contributed by atoms with Gasteiger partial charge in [0.1, 0.15) is 11.7 Å². The Hall–Kier alpha value is -2.17. The predicted molar refractivity (Wildman–Crippen MR) is 106 cm³/mol. The van der Waals surface area contributed by atoms with Crippen molar-refractivity contribution in [2.45, 2.75) is 59.3 Å². The molecule has 5 heteroatoms. The van der Waals surface area contributed by atoms with Crippen LogP contribution in [0.3, 0.4) is 0 Å². The first-order chi connectivity index (χ1) is 12.5. The molecule has 0 amide bonds. The molecule has 0 atom stereocenters. The van der Waals surface area contributed by atoms with Crippen molar-refractivity contribution in [3.63, 3.8) is 0 Å². The molecule has 5 nitrogen and oxygen atoms in total. The van der Waals surface area contributed by atoms with Crippen LogP contribution in [0.15, 0.2) is 41.7 Å². The van der Waals surface area contributed by atoms with E-state index in [1.54, 1.807) is 0 Å². The molecule has 26 heavy (non-hydrogen) atoms. The van der Waals surface area contributed by atoms with Crippen LogP contribution in [0.25, 0.3) is 0 Å². The number of nitrogens with zero attached hydrogens (tertiary/aromatic N) is 3. The molecule has 0 bridgehead atoms. The van der Waals surface area contributed by atoms with Crippen molar-refractivity contribution in [2.24, 2.45) is 10.4 Å². The number of aromatic nitrogens is 1. The molecule has 0 aliphatic carbocycles. The van der Waals surface area contributed by atoms with E-state index >= 15 is 0 Å². The highest BCUT2D eigenvalue weighted by Gasteiger charge is 2.25. The van der Waals surface area contributed by atoms with E-state index in [1.807, 2.05) is 37.5 Å². The maximum Gasteiger partial charge on any atom is 0.305 e. The average Bonchev–Trinajstić information content (AvgIpc) is 2.61. The number of amidine groups is 1. The number of ether oxygens (including phenoxy) is 1. The number of hydrogen-bond acceptors (Lipinski definition) is 5. The van der Waals surface area contributed by atoms with E-state index in [0.717, 1.165) is 50.3 Å². The number of allylic oxidation sites excluding steroid dienone is 1. The molecule has 2 rings (SSSR count). The second-order valence-corrected chi connectivity index (χ2v) is 7.34. The molecule has 1 aromatic heterocycles. The Morgan fingerprint density at radius 1 is 1.23 bits per heavy atom. The van der Waals surface area contributed by atoms with E-state index in [0.29, 0.717) is 13.0 Å². The van der Waals surface area contributed by atoms with Crippen LogP contribution in [0.5, 0.6) is 0 Å². The van der Waals surface area contributed by atoms with Crippen molar-refractivity contribution >= 4 is 17.6 Å². The van der Waals surface area contributed by atoms with Crippen LogP contribution in [0.1, 0.15) is 59.3 Å². The number of anilines is 1. The normalized spacial score (nSPS) is 15.4. The largest absolute Gasteiger partial charge is 0.466 e. The minimum atomic E-state index is -0.0896. The minimum Gasteiger partial charge on any atom is -0.466 e. The van der Waals surface area contributed by atoms with Gasteiger partial charge in [-0.15, -0.1) is 0 Å². The van der Waals surface area contributed by atoms with E-state index in [-0.39, 0.29) is 11.4 Å². The maximum atomic E-state index is 11.4. The monoisotopic (exact) mass is 357 g/mol. The highest BCUT2D eigenvalue weighted by atomic mass is 16.5. The fourth-order valence-corrected chi connectivity index (χ4v) is 3.02. The molecular formula is C21H31N3O2. The second kappa shape index (κ2) is 10.1. The van der Waals surface area contributed by atoms with Gasteiger partial charge in [0.15, 0.2) is 0 Å². The molecule has 142 valence electrons. The van der Waals surface area contributed by atoms with Gasteiger partial charge in [-0.05, 0) is 37.3 Å². The number of unbranched alkanes of at least 4 members (excludes halogenated alkanes) is 3. The summed E-state index contributed by atoms with van der Waals surface area (Å²) in [5.74, 6) is 1.93. The summed E-state index contributed by atoms with van der Waals surface area (Å²) in [6.45, 7) is 7.65. The standard InChI is InChI=1S/C21H31N3O2/c1-4-26-20(25)12-7-5-6-10-16-24(18-11-8-9-14-22-18)19-17-21(2,3)13-15-23-19/h8-9,11,13-15H,4-7,10,12,16-17H2,1-3H3. The van der Waals surface area contributed by atoms with E-state index < -0.39 is 0 Å². The molecule has 0 unspecified atom stereocenters. The third-order valence-corrected chi connectivity index (χ3v) is 4.42. The van der Waals surface area contributed by atoms with Crippen LogP contribution >= 0.6 is 0 Å². The first-order valence-electron chi connectivity index (χ1n) is 9.60. The Morgan fingerprint density at radius 3 is 2.73 bits per heavy atom. The van der Waals surface area contributed by atoms with Gasteiger partial charge < -0.3 is 9.64 Å². The lowest BCUT2D eigenvalue weighted by Crippen LogP contribution is -2.36. The number of aliphatic imine (C=N–C) groups is 1. The van der Waals surface area contributed by atoms with Crippen LogP contribution < -0.4 is 4.90 Å². The van der Waals surface area contributed by atoms with Crippen molar-refractivity contribution in [2.75, 3.05) is 18.1 Å². The molecule has 2 heterocycles. The molecular weight excluding hydrogens is 326 g/mol. The van der Waals surface area contributed by atoms with Gasteiger partial charge in [0, 0.05) is 31.8 Å². The average molecular weight is 357 g/mol. The minimum absolute atomic E-state index is 0.0896. The summed E-state index contributed by atoms with van der Waals surface area (Å²) in [4.78, 5) is 22.8. The molecule has 1 aromatic rings. The number of rotatable bonds is 9. The van der Waals surface area contributed by atoms with Crippen molar-refractivity contribution in [1.29, 1.82) is 0 Å². The smallest absolute Gasteiger partial charge is 0.305 e. The fraction of sp³-hybridized carbons (Fsp3) is 0.571. The first kappa shape index (κ1) is 20.1. The predicted octanol–water partition coefficient (Wildman–Crippen LogP) is 4.74.